The number of benzene rings is 1. The van der Waals surface area contributed by atoms with Gasteiger partial charge in [0.1, 0.15) is 5.60 Å². The molecule has 1 aromatic heterocycles. The van der Waals surface area contributed by atoms with E-state index < -0.39 is 13.0 Å². The van der Waals surface area contributed by atoms with Gasteiger partial charge in [0.05, 0.1) is 32.1 Å². The highest BCUT2D eigenvalue weighted by Gasteiger charge is 2.62. The number of halogens is 2. The summed E-state index contributed by atoms with van der Waals surface area (Å²) < 4.78 is 40.5. The summed E-state index contributed by atoms with van der Waals surface area (Å²) >= 11 is 0. The molecule has 11 nitrogen and oxygen atoms in total. The van der Waals surface area contributed by atoms with Crippen LogP contribution in [0.1, 0.15) is 140 Å². The minimum Gasteiger partial charge on any atom is -0.377 e. The summed E-state index contributed by atoms with van der Waals surface area (Å²) in [6, 6.07) is 10.7. The van der Waals surface area contributed by atoms with E-state index >= 15 is 0 Å². The highest BCUT2D eigenvalue weighted by Crippen LogP contribution is 2.66. The number of nitrogens with one attached hydrogen (secondary N) is 2. The maximum absolute atomic E-state index is 14.1. The van der Waals surface area contributed by atoms with Crippen LogP contribution in [-0.2, 0) is 23.9 Å². The lowest BCUT2D eigenvalue weighted by atomic mass is 9.51. The summed E-state index contributed by atoms with van der Waals surface area (Å²) in [4.78, 5) is 44.6. The van der Waals surface area contributed by atoms with Crippen molar-refractivity contribution in [2.75, 3.05) is 58.0 Å². The number of aliphatic hydroxyl groups is 1. The van der Waals surface area contributed by atoms with Crippen molar-refractivity contribution in [3.8, 4) is 11.8 Å². The van der Waals surface area contributed by atoms with Gasteiger partial charge in [0.2, 0.25) is 11.8 Å². The van der Waals surface area contributed by atoms with E-state index in [2.05, 4.69) is 70.6 Å². The standard InChI is InChI=1S/C56H74BF2N5O6/c1-8-24-56(68)25-23-49-46-19-15-42-35-44(65)18-20-45(42)52(46)48(36-55(49,56)6)41-13-16-43(17-14-41)63(7)28-11-9-10-12-50(66)60-26-29-69-31-32-70-30-27-61-51(67)22-21-47(53-37(2)33-39(4)62-53)54-38(3)34-40(5)64(54)57(58)59/h13-14,16-17,33-35,46,48-49,68H,9-12,15,18-23,25-32,36H2,1-7H3,(H,60,66)(H,61,67)/b53-47-/t46-,48+,49+,55-,56-/m0/s1. The van der Waals surface area contributed by atoms with E-state index in [0.29, 0.717) is 93.3 Å². The first-order valence-corrected chi connectivity index (χ1v) is 25.6. The molecule has 5 atom stereocenters. The number of hydrogen-bond acceptors (Lipinski definition) is 8. The number of ketones is 1. The van der Waals surface area contributed by atoms with Gasteiger partial charge in [-0.15, -0.1) is 5.92 Å². The Morgan fingerprint density at radius 2 is 1.63 bits per heavy atom. The zero-order chi connectivity index (χ0) is 50.2. The number of ether oxygens (including phenoxy) is 2. The molecule has 5 aliphatic rings. The molecule has 7 rings (SSSR count). The third kappa shape index (κ3) is 11.8. The zero-order valence-corrected chi connectivity index (χ0v) is 42.6. The Kier molecular flexibility index (Phi) is 17.6. The molecule has 3 N–H and O–H groups in total. The molecule has 0 unspecified atom stereocenters. The first kappa shape index (κ1) is 52.7. The van der Waals surface area contributed by atoms with E-state index in [-0.39, 0.29) is 41.8 Å². The predicted molar refractivity (Wildman–Crippen MR) is 275 cm³/mol. The molecule has 1 aromatic carbocycles. The van der Waals surface area contributed by atoms with E-state index in [4.69, 9.17) is 9.47 Å². The molecule has 0 radical (unpaired) electrons. The monoisotopic (exact) mass is 962 g/mol. The van der Waals surface area contributed by atoms with Crippen LogP contribution in [0.3, 0.4) is 0 Å². The molecular weight excluding hydrogens is 887 g/mol. The number of aromatic nitrogens is 1. The van der Waals surface area contributed by atoms with Crippen molar-refractivity contribution < 1.29 is 37.6 Å². The molecule has 4 aliphatic carbocycles. The number of fused-ring (bicyclic) bond motifs is 4. The van der Waals surface area contributed by atoms with Crippen LogP contribution in [0.5, 0.6) is 0 Å². The topological polar surface area (TPSA) is 134 Å². The Morgan fingerprint density at radius 1 is 0.929 bits per heavy atom. The number of anilines is 1. The molecule has 0 spiro atoms. The summed E-state index contributed by atoms with van der Waals surface area (Å²) in [5.41, 5.74) is 9.85. The summed E-state index contributed by atoms with van der Waals surface area (Å²) in [7, 11) is -0.596. The van der Waals surface area contributed by atoms with Crippen molar-refractivity contribution in [1.29, 1.82) is 0 Å². The molecule has 2 amide bonds. The molecule has 2 saturated carbocycles. The van der Waals surface area contributed by atoms with Crippen LogP contribution in [0.2, 0.25) is 0 Å². The van der Waals surface area contributed by atoms with E-state index in [1.807, 2.05) is 32.9 Å². The Balaban J connectivity index is 0.761. The fourth-order valence-electron chi connectivity index (χ4n) is 12.3. The molecule has 376 valence electrons. The smallest absolute Gasteiger partial charge is 0.377 e. The Morgan fingerprint density at radius 3 is 2.29 bits per heavy atom. The molecule has 2 aromatic rings. The molecule has 2 fully saturated rings. The average molecular weight is 962 g/mol. The summed E-state index contributed by atoms with van der Waals surface area (Å²) in [5.74, 6) is 7.32. The van der Waals surface area contributed by atoms with Crippen LogP contribution in [0.15, 0.2) is 75.5 Å². The average Bonchev–Trinajstić information content (AvgIpc) is 3.92. The normalized spacial score (nSPS) is 24.4. The summed E-state index contributed by atoms with van der Waals surface area (Å²) in [5, 5.41) is 17.8. The SMILES string of the molecule is CC#C[C@]1(O)CC[C@@H]2[C@@H]3CCC4=CC(=O)CCC4=C3[C@@H](c3ccc(N(C)CCCCCC(=O)NCCOCCOCCNC(=O)CC/C(=C4/N=C(C)C=C4C)c4c(C)cc(C)n4B(F)F)cc3)C[C@@]21C. The summed E-state index contributed by atoms with van der Waals surface area (Å²) in [6.45, 7) is 14.3. The van der Waals surface area contributed by atoms with Crippen molar-refractivity contribution in [2.45, 2.75) is 137 Å². The van der Waals surface area contributed by atoms with Crippen molar-refractivity contribution in [3.63, 3.8) is 0 Å². The lowest BCUT2D eigenvalue weighted by molar-refractivity contribution is -0.122. The fourth-order valence-corrected chi connectivity index (χ4v) is 12.3. The van der Waals surface area contributed by atoms with Crippen LogP contribution in [0.4, 0.5) is 14.3 Å². The molecule has 0 bridgehead atoms. The van der Waals surface area contributed by atoms with Crippen molar-refractivity contribution >= 4 is 42.0 Å². The number of rotatable bonds is 22. The lowest BCUT2D eigenvalue weighted by Gasteiger charge is -2.53. The Labute approximate surface area is 414 Å². The molecule has 14 heteroatoms. The van der Waals surface area contributed by atoms with Crippen LogP contribution in [0.25, 0.3) is 5.57 Å². The van der Waals surface area contributed by atoms with E-state index in [1.165, 1.54) is 22.3 Å². The van der Waals surface area contributed by atoms with E-state index in [9.17, 15) is 28.1 Å². The number of unbranched alkanes of at least 4 members (excludes halogenated alkanes) is 2. The zero-order valence-electron chi connectivity index (χ0n) is 42.6. The third-order valence-electron chi connectivity index (χ3n) is 15.7. The van der Waals surface area contributed by atoms with Gasteiger partial charge in [-0.2, -0.15) is 0 Å². The highest BCUT2D eigenvalue weighted by molar-refractivity contribution is 6.41. The van der Waals surface area contributed by atoms with Crippen molar-refractivity contribution in [2.24, 2.45) is 22.2 Å². The Hall–Kier alpha value is -5.10. The van der Waals surface area contributed by atoms with E-state index in [1.54, 1.807) is 19.9 Å². The van der Waals surface area contributed by atoms with Gasteiger partial charge in [0, 0.05) is 85.6 Å². The molecule has 2 heterocycles. The molecule has 1 aliphatic heterocycles. The second-order valence-corrected chi connectivity index (χ2v) is 20.4. The van der Waals surface area contributed by atoms with Crippen LogP contribution < -0.4 is 15.5 Å². The van der Waals surface area contributed by atoms with Gasteiger partial charge in [-0.1, -0.05) is 37.0 Å². The number of amides is 2. The first-order chi connectivity index (χ1) is 33.5. The largest absolute Gasteiger partial charge is 0.677 e. The van der Waals surface area contributed by atoms with Crippen LogP contribution >= 0.6 is 0 Å². The first-order valence-electron chi connectivity index (χ1n) is 25.6. The number of aliphatic imine (C=N–C) groups is 1. The number of carbonyl (C=O) groups excluding carboxylic acids is 3. The van der Waals surface area contributed by atoms with Crippen molar-refractivity contribution in [3.05, 3.63) is 93.0 Å². The fraction of sp³-hybridized carbons (Fsp3) is 0.571. The number of nitrogens with zero attached hydrogens (tertiary/aromatic N) is 3. The van der Waals surface area contributed by atoms with Crippen LogP contribution in [-0.4, -0.2) is 99.0 Å². The maximum Gasteiger partial charge on any atom is 0.677 e. The van der Waals surface area contributed by atoms with Crippen molar-refractivity contribution in [1.82, 2.24) is 15.1 Å². The number of carbonyl (C=O) groups is 3. The minimum absolute atomic E-state index is 0.00751. The number of hydrogen-bond donors (Lipinski definition) is 3. The number of aryl methyl sites for hydroxylation is 2. The van der Waals surface area contributed by atoms with Gasteiger partial charge in [0.15, 0.2) is 5.78 Å². The van der Waals surface area contributed by atoms with E-state index in [0.717, 1.165) is 84.9 Å². The maximum atomic E-state index is 14.1. The summed E-state index contributed by atoms with van der Waals surface area (Å²) in [6.07, 6.45) is 13.3. The van der Waals surface area contributed by atoms with Gasteiger partial charge in [-0.05, 0) is 162 Å². The number of allylic oxidation sites excluding steroid dienone is 7. The van der Waals surface area contributed by atoms with Gasteiger partial charge >= 0.3 is 7.40 Å². The van der Waals surface area contributed by atoms with Gasteiger partial charge < -0.3 is 34.6 Å². The predicted octanol–water partition coefficient (Wildman–Crippen LogP) is 9.41. The molecular formula is C56H74BF2N5O6. The van der Waals surface area contributed by atoms with Gasteiger partial charge in [0.25, 0.3) is 0 Å². The van der Waals surface area contributed by atoms with Crippen LogP contribution in [0, 0.1) is 42.9 Å². The second-order valence-electron chi connectivity index (χ2n) is 20.4. The lowest BCUT2D eigenvalue weighted by Crippen LogP contribution is -2.51. The molecule has 70 heavy (non-hydrogen) atoms. The third-order valence-corrected chi connectivity index (χ3v) is 15.7. The molecule has 0 saturated heterocycles. The van der Waals surface area contributed by atoms with Gasteiger partial charge in [-0.3, -0.25) is 28.0 Å². The second kappa shape index (κ2) is 23.4. The minimum atomic E-state index is -2.71. The quantitative estimate of drug-likeness (QED) is 0.0609. The Bertz CT molecular complexity index is 2500. The highest BCUT2D eigenvalue weighted by atomic mass is 19.2. The van der Waals surface area contributed by atoms with Gasteiger partial charge in [-0.25, -0.2) is 0 Å².